The van der Waals surface area contributed by atoms with Crippen molar-refractivity contribution in [1.82, 2.24) is 25.2 Å². The van der Waals surface area contributed by atoms with E-state index >= 15 is 0 Å². The van der Waals surface area contributed by atoms with Gasteiger partial charge in [-0.15, -0.1) is 11.8 Å². The molecule has 1 N–H and O–H groups in total. The van der Waals surface area contributed by atoms with E-state index in [1.54, 1.807) is 11.8 Å². The second-order valence-electron chi connectivity index (χ2n) is 8.12. The first kappa shape index (κ1) is 26.1. The van der Waals surface area contributed by atoms with Gasteiger partial charge >= 0.3 is 18.4 Å². The predicted octanol–water partition coefficient (Wildman–Crippen LogP) is 5.04. The van der Waals surface area contributed by atoms with Crippen LogP contribution in [0, 0.1) is 0 Å². The highest BCUT2D eigenvalue weighted by Crippen LogP contribution is 2.36. The molecule has 1 aliphatic heterocycles. The van der Waals surface area contributed by atoms with Crippen molar-refractivity contribution in [2.45, 2.75) is 23.9 Å². The van der Waals surface area contributed by atoms with Crippen LogP contribution in [-0.2, 0) is 23.7 Å². The molecule has 0 radical (unpaired) electrons. The number of hydrogen-bond donors (Lipinski definition) is 1. The number of piperazine rings is 1. The standard InChI is InChI=1S/C22H21F6N5O2S/c23-21(24,25)15-9-14(10-16(11-15)22(26,27)28)13-35-20(34)33-5-3-32(4-6-33)7-8-36-17-1-2-18-19(12-17)30-31-29-18/h1-2,9-12H,3-8,13H2,(H,29,30,31). The summed E-state index contributed by atoms with van der Waals surface area (Å²) in [6, 6.07) is 6.94. The third-order valence-electron chi connectivity index (χ3n) is 5.60. The first-order chi connectivity index (χ1) is 17.0. The Morgan fingerprint density at radius 3 is 2.19 bits per heavy atom. The van der Waals surface area contributed by atoms with Crippen molar-refractivity contribution in [2.24, 2.45) is 0 Å². The summed E-state index contributed by atoms with van der Waals surface area (Å²) in [6.07, 6.45) is -10.7. The molecular formula is C22H21F6N5O2S. The van der Waals surface area contributed by atoms with E-state index in [0.29, 0.717) is 38.3 Å². The number of carbonyl (C=O) groups is 1. The smallest absolute Gasteiger partial charge is 0.416 e. The number of rotatable bonds is 6. The Kier molecular flexibility index (Phi) is 7.64. The highest BCUT2D eigenvalue weighted by atomic mass is 32.2. The lowest BCUT2D eigenvalue weighted by atomic mass is 10.1. The molecular weight excluding hydrogens is 512 g/mol. The zero-order chi connectivity index (χ0) is 25.9. The molecule has 2 heterocycles. The molecule has 0 saturated carbocycles. The number of hydrogen-bond acceptors (Lipinski definition) is 6. The normalized spacial score (nSPS) is 15.4. The van der Waals surface area contributed by atoms with Crippen molar-refractivity contribution in [3.63, 3.8) is 0 Å². The fourth-order valence-corrected chi connectivity index (χ4v) is 4.64. The Morgan fingerprint density at radius 1 is 0.917 bits per heavy atom. The van der Waals surface area contributed by atoms with Crippen molar-refractivity contribution in [3.05, 3.63) is 53.1 Å². The molecule has 1 saturated heterocycles. The van der Waals surface area contributed by atoms with E-state index in [-0.39, 0.29) is 11.6 Å². The molecule has 0 spiro atoms. The van der Waals surface area contributed by atoms with Crippen LogP contribution in [0.5, 0.6) is 0 Å². The monoisotopic (exact) mass is 533 g/mol. The maximum atomic E-state index is 13.0. The van der Waals surface area contributed by atoms with Crippen LogP contribution in [0.4, 0.5) is 31.1 Å². The van der Waals surface area contributed by atoms with Crippen LogP contribution in [0.2, 0.25) is 0 Å². The lowest BCUT2D eigenvalue weighted by Gasteiger charge is -2.34. The lowest BCUT2D eigenvalue weighted by molar-refractivity contribution is -0.143. The summed E-state index contributed by atoms with van der Waals surface area (Å²) in [5.41, 5.74) is -1.71. The summed E-state index contributed by atoms with van der Waals surface area (Å²) in [4.78, 5) is 17.0. The second-order valence-corrected chi connectivity index (χ2v) is 9.29. The second kappa shape index (κ2) is 10.5. The molecule has 0 unspecified atom stereocenters. The number of aromatic amines is 1. The average molecular weight is 533 g/mol. The molecule has 1 aromatic heterocycles. The molecule has 194 valence electrons. The third kappa shape index (κ3) is 6.60. The van der Waals surface area contributed by atoms with Gasteiger partial charge in [0.15, 0.2) is 0 Å². The summed E-state index contributed by atoms with van der Waals surface area (Å²) in [6.45, 7) is 1.89. The lowest BCUT2D eigenvalue weighted by Crippen LogP contribution is -2.49. The minimum atomic E-state index is -4.96. The van der Waals surface area contributed by atoms with Crippen LogP contribution in [0.15, 0.2) is 41.3 Å². The number of nitrogens with zero attached hydrogens (tertiary/aromatic N) is 4. The van der Waals surface area contributed by atoms with Gasteiger partial charge in [0.05, 0.1) is 11.1 Å². The number of fused-ring (bicyclic) bond motifs is 1. The van der Waals surface area contributed by atoms with Gasteiger partial charge in [-0.1, -0.05) is 0 Å². The van der Waals surface area contributed by atoms with Crippen LogP contribution in [0.25, 0.3) is 11.0 Å². The van der Waals surface area contributed by atoms with Crippen LogP contribution in [0.3, 0.4) is 0 Å². The molecule has 0 bridgehead atoms. The summed E-state index contributed by atoms with van der Waals surface area (Å²) in [5, 5.41) is 10.6. The average Bonchev–Trinajstić information content (AvgIpc) is 3.30. The van der Waals surface area contributed by atoms with Crippen LogP contribution < -0.4 is 0 Å². The van der Waals surface area contributed by atoms with Gasteiger partial charge in [0.25, 0.3) is 0 Å². The maximum absolute atomic E-state index is 13.0. The van der Waals surface area contributed by atoms with E-state index in [1.807, 2.05) is 18.2 Å². The Morgan fingerprint density at radius 2 is 1.56 bits per heavy atom. The molecule has 0 aliphatic carbocycles. The molecule has 0 atom stereocenters. The summed E-state index contributed by atoms with van der Waals surface area (Å²) in [5.74, 6) is 0.810. The molecule has 3 aromatic rings. The molecule has 1 fully saturated rings. The van der Waals surface area contributed by atoms with Gasteiger partial charge in [-0.25, -0.2) is 4.79 Å². The van der Waals surface area contributed by atoms with Gasteiger partial charge in [0.2, 0.25) is 0 Å². The Labute approximate surface area is 205 Å². The maximum Gasteiger partial charge on any atom is 0.416 e. The number of H-pyrrole nitrogens is 1. The molecule has 1 amide bonds. The van der Waals surface area contributed by atoms with Gasteiger partial charge in [-0.2, -0.15) is 41.8 Å². The highest BCUT2D eigenvalue weighted by molar-refractivity contribution is 7.99. The predicted molar refractivity (Wildman–Crippen MR) is 119 cm³/mol. The minimum absolute atomic E-state index is 0.0372. The number of alkyl halides is 6. The van der Waals surface area contributed by atoms with Crippen LogP contribution in [0.1, 0.15) is 16.7 Å². The quantitative estimate of drug-likeness (QED) is 0.354. The Balaban J connectivity index is 1.24. The van der Waals surface area contributed by atoms with E-state index in [1.165, 1.54) is 4.90 Å². The Bertz CT molecular complexity index is 1180. The third-order valence-corrected chi connectivity index (χ3v) is 6.58. The van der Waals surface area contributed by atoms with Gasteiger partial charge < -0.3 is 9.64 Å². The molecule has 36 heavy (non-hydrogen) atoms. The Hall–Kier alpha value is -3.00. The molecule has 2 aromatic carbocycles. The van der Waals surface area contributed by atoms with E-state index < -0.39 is 36.2 Å². The number of thioether (sulfide) groups is 1. The number of halogens is 6. The molecule has 4 rings (SSSR count). The fraction of sp³-hybridized carbons (Fsp3) is 0.409. The van der Waals surface area contributed by atoms with Crippen molar-refractivity contribution in [3.8, 4) is 0 Å². The first-order valence-electron chi connectivity index (χ1n) is 10.8. The van der Waals surface area contributed by atoms with Gasteiger partial charge in [0.1, 0.15) is 17.6 Å². The van der Waals surface area contributed by atoms with Crippen LogP contribution in [-0.4, -0.2) is 69.8 Å². The number of aromatic nitrogens is 3. The molecule has 14 heteroatoms. The molecule has 1 aliphatic rings. The van der Waals surface area contributed by atoms with Crippen LogP contribution >= 0.6 is 11.8 Å². The molecule has 7 nitrogen and oxygen atoms in total. The van der Waals surface area contributed by atoms with Gasteiger partial charge in [0, 0.05) is 43.4 Å². The van der Waals surface area contributed by atoms with E-state index in [2.05, 4.69) is 20.3 Å². The fourth-order valence-electron chi connectivity index (χ4n) is 3.70. The SMILES string of the molecule is O=C(OCc1cc(C(F)(F)F)cc(C(F)(F)F)c1)N1CCN(CCSc2ccc3n[nH]nc3c2)CC1. The van der Waals surface area contributed by atoms with Crippen molar-refractivity contribution >= 4 is 28.9 Å². The highest BCUT2D eigenvalue weighted by Gasteiger charge is 2.37. The van der Waals surface area contributed by atoms with E-state index in [9.17, 15) is 31.1 Å². The topological polar surface area (TPSA) is 74.3 Å². The van der Waals surface area contributed by atoms with Gasteiger partial charge in [-0.3, -0.25) is 4.90 Å². The van der Waals surface area contributed by atoms with Crippen molar-refractivity contribution in [2.75, 3.05) is 38.5 Å². The van der Waals surface area contributed by atoms with Crippen molar-refractivity contribution < 1.29 is 35.9 Å². The summed E-state index contributed by atoms with van der Waals surface area (Å²) >= 11 is 1.66. The van der Waals surface area contributed by atoms with E-state index in [4.69, 9.17) is 4.74 Å². The zero-order valence-corrected chi connectivity index (χ0v) is 19.5. The number of amides is 1. The number of nitrogens with one attached hydrogen (secondary N) is 1. The number of ether oxygens (including phenoxy) is 1. The zero-order valence-electron chi connectivity index (χ0n) is 18.7. The van der Waals surface area contributed by atoms with Crippen molar-refractivity contribution in [1.29, 1.82) is 0 Å². The van der Waals surface area contributed by atoms with Gasteiger partial charge in [-0.05, 0) is 42.0 Å². The summed E-state index contributed by atoms with van der Waals surface area (Å²) < 4.78 is 83.0. The largest absolute Gasteiger partial charge is 0.445 e. The summed E-state index contributed by atoms with van der Waals surface area (Å²) in [7, 11) is 0. The first-order valence-corrected chi connectivity index (χ1v) is 11.8. The van der Waals surface area contributed by atoms with E-state index in [0.717, 1.165) is 28.2 Å². The number of benzene rings is 2. The minimum Gasteiger partial charge on any atom is -0.445 e. The number of carbonyl (C=O) groups excluding carboxylic acids is 1.